The molecule has 3 aliphatic rings. The Morgan fingerprint density at radius 3 is 2.10 bits per heavy atom. The van der Waals surface area contributed by atoms with E-state index in [1.165, 1.54) is 12.1 Å². The van der Waals surface area contributed by atoms with Gasteiger partial charge in [-0.15, -0.1) is 0 Å². The molecule has 0 amide bonds. The fraction of sp³-hybridized carbons (Fsp3) is 0.294. The van der Waals surface area contributed by atoms with Crippen LogP contribution in [0.4, 0.5) is 4.39 Å². The van der Waals surface area contributed by atoms with Crippen molar-refractivity contribution in [1.29, 1.82) is 0 Å². The Kier molecular flexibility index (Phi) is 7.80. The predicted octanol–water partition coefficient (Wildman–Crippen LogP) is 7.79. The van der Waals surface area contributed by atoms with Gasteiger partial charge < -0.3 is 14.4 Å². The molecule has 6 rings (SSSR count). The van der Waals surface area contributed by atoms with Gasteiger partial charge in [0.05, 0.1) is 11.6 Å². The molecule has 0 saturated carbocycles. The largest absolute Gasteiger partial charge is 0.493 e. The van der Waals surface area contributed by atoms with Crippen molar-refractivity contribution in [3.05, 3.63) is 116 Å². The maximum atomic E-state index is 13.7. The Hall–Kier alpha value is -3.71. The van der Waals surface area contributed by atoms with Crippen molar-refractivity contribution in [3.8, 4) is 11.5 Å². The van der Waals surface area contributed by atoms with Crippen LogP contribution in [0.1, 0.15) is 61.1 Å². The van der Waals surface area contributed by atoms with E-state index in [2.05, 4.69) is 33.0 Å². The van der Waals surface area contributed by atoms with Crippen molar-refractivity contribution >= 4 is 27.5 Å². The normalized spacial score (nSPS) is 17.5. The molecule has 5 nitrogen and oxygen atoms in total. The second kappa shape index (κ2) is 11.6. The number of rotatable bonds is 7. The third-order valence-electron chi connectivity index (χ3n) is 8.15. The number of methoxy groups -OCH3 is 1. The molecule has 0 saturated heterocycles. The molecule has 0 atom stereocenters. The van der Waals surface area contributed by atoms with Crippen LogP contribution in [0.3, 0.4) is 0 Å². The lowest BCUT2D eigenvalue weighted by Crippen LogP contribution is -2.38. The van der Waals surface area contributed by atoms with Crippen molar-refractivity contribution in [3.63, 3.8) is 0 Å². The fourth-order valence-corrected chi connectivity index (χ4v) is 6.86. The zero-order valence-corrected chi connectivity index (χ0v) is 24.5. The molecule has 3 aromatic rings. The molecule has 1 aliphatic heterocycles. The van der Waals surface area contributed by atoms with Gasteiger partial charge in [0.25, 0.3) is 0 Å². The summed E-state index contributed by atoms with van der Waals surface area (Å²) in [5.41, 5.74) is 6.33. The predicted molar refractivity (Wildman–Crippen MR) is 158 cm³/mol. The molecule has 0 spiro atoms. The summed E-state index contributed by atoms with van der Waals surface area (Å²) >= 11 is 3.68. The van der Waals surface area contributed by atoms with Gasteiger partial charge >= 0.3 is 0 Å². The second-order valence-corrected chi connectivity index (χ2v) is 11.6. The van der Waals surface area contributed by atoms with Crippen LogP contribution in [-0.2, 0) is 22.7 Å². The van der Waals surface area contributed by atoms with Crippen LogP contribution in [0.2, 0.25) is 0 Å². The fourth-order valence-electron chi connectivity index (χ4n) is 6.29. The monoisotopic (exact) mass is 615 g/mol. The molecule has 0 aromatic heterocycles. The van der Waals surface area contributed by atoms with E-state index in [4.69, 9.17) is 9.47 Å². The molecule has 3 aromatic carbocycles. The molecule has 210 valence electrons. The highest BCUT2D eigenvalue weighted by Crippen LogP contribution is 2.51. The van der Waals surface area contributed by atoms with Crippen LogP contribution in [-0.4, -0.2) is 23.6 Å². The summed E-state index contributed by atoms with van der Waals surface area (Å²) in [4.78, 5) is 29.6. The van der Waals surface area contributed by atoms with Crippen LogP contribution in [0.5, 0.6) is 11.5 Å². The summed E-state index contributed by atoms with van der Waals surface area (Å²) in [5.74, 6) is 0.457. The maximum Gasteiger partial charge on any atom is 0.175 e. The maximum absolute atomic E-state index is 13.7. The van der Waals surface area contributed by atoms with Gasteiger partial charge in [-0.25, -0.2) is 4.39 Å². The number of carbonyl (C=O) groups excluding carboxylic acids is 2. The molecule has 7 heteroatoms. The molecule has 0 N–H and O–H groups in total. The number of Topliss-reactive ketones (excluding diaryl/α,β-unsaturated/α-hetero) is 2. The minimum Gasteiger partial charge on any atom is -0.493 e. The summed E-state index contributed by atoms with van der Waals surface area (Å²) in [7, 11) is 1.58. The van der Waals surface area contributed by atoms with Gasteiger partial charge in [-0.2, -0.15) is 0 Å². The lowest BCUT2D eigenvalue weighted by atomic mass is 9.71. The van der Waals surface area contributed by atoms with E-state index >= 15 is 0 Å². The van der Waals surface area contributed by atoms with Gasteiger partial charge in [0, 0.05) is 47.8 Å². The molecule has 0 fully saturated rings. The van der Waals surface area contributed by atoms with E-state index in [-0.39, 0.29) is 24.0 Å². The first kappa shape index (κ1) is 27.5. The van der Waals surface area contributed by atoms with E-state index in [1.54, 1.807) is 19.2 Å². The zero-order chi connectivity index (χ0) is 28.5. The number of hydrogen-bond donors (Lipinski definition) is 0. The van der Waals surface area contributed by atoms with Crippen LogP contribution in [0, 0.1) is 5.82 Å². The molecule has 41 heavy (non-hydrogen) atoms. The van der Waals surface area contributed by atoms with Crippen LogP contribution >= 0.6 is 15.9 Å². The highest BCUT2D eigenvalue weighted by molar-refractivity contribution is 9.10. The molecule has 0 bridgehead atoms. The number of ketones is 2. The van der Waals surface area contributed by atoms with Crippen LogP contribution in [0.15, 0.2) is 93.7 Å². The summed E-state index contributed by atoms with van der Waals surface area (Å²) in [6.45, 7) is 0.864. The highest BCUT2D eigenvalue weighted by Gasteiger charge is 2.43. The molecular formula is C34H31BrFNO4. The summed E-state index contributed by atoms with van der Waals surface area (Å²) in [6, 6.07) is 20.2. The Labute approximate surface area is 247 Å². The second-order valence-electron chi connectivity index (χ2n) is 10.7. The lowest BCUT2D eigenvalue weighted by Gasteiger charge is -2.44. The Balaban J connectivity index is 1.44. The van der Waals surface area contributed by atoms with E-state index in [9.17, 15) is 14.0 Å². The minimum absolute atomic E-state index is 0.103. The Bertz CT molecular complexity index is 1520. The number of ether oxygens (including phenoxy) is 2. The average molecular weight is 617 g/mol. The standard InChI is InChI=1S/C34H31BrFNO4/c1-40-30-18-23(17-25(35)34(30)41-20-22-13-15-24(36)16-14-22)31-32-26(9-5-11-28(32)38)37(19-21-7-3-2-4-8-21)27-10-6-12-29(39)33(27)31/h2-4,7-8,13-18,31H,5-6,9-12,19-20H2,1H3. The van der Waals surface area contributed by atoms with E-state index < -0.39 is 5.92 Å². The minimum atomic E-state index is -0.455. The lowest BCUT2D eigenvalue weighted by molar-refractivity contribution is -0.117. The van der Waals surface area contributed by atoms with E-state index in [1.807, 2.05) is 30.3 Å². The molecular weight excluding hydrogens is 585 g/mol. The summed E-state index contributed by atoms with van der Waals surface area (Å²) in [6.07, 6.45) is 4.15. The first-order chi connectivity index (χ1) is 19.9. The molecule has 0 unspecified atom stereocenters. The van der Waals surface area contributed by atoms with Gasteiger partial charge in [0.1, 0.15) is 12.4 Å². The van der Waals surface area contributed by atoms with E-state index in [0.717, 1.165) is 64.9 Å². The number of halogens is 2. The van der Waals surface area contributed by atoms with Crippen molar-refractivity contribution in [2.75, 3.05) is 7.11 Å². The SMILES string of the molecule is COc1cc(C2C3=C(CCCC3=O)N(Cc3ccccc3)C3=C2C(=O)CCC3)cc(Br)c1OCc1ccc(F)cc1. The average Bonchev–Trinajstić information content (AvgIpc) is 2.98. The molecule has 2 aliphatic carbocycles. The number of hydrogen-bond acceptors (Lipinski definition) is 5. The third kappa shape index (κ3) is 5.35. The van der Waals surface area contributed by atoms with Gasteiger partial charge in [-0.05, 0) is 82.6 Å². The van der Waals surface area contributed by atoms with Crippen LogP contribution < -0.4 is 9.47 Å². The van der Waals surface area contributed by atoms with Crippen molar-refractivity contribution in [2.24, 2.45) is 0 Å². The topological polar surface area (TPSA) is 55.8 Å². The Morgan fingerprint density at radius 2 is 1.49 bits per heavy atom. The molecule has 1 heterocycles. The van der Waals surface area contributed by atoms with E-state index in [0.29, 0.717) is 35.4 Å². The summed E-state index contributed by atoms with van der Waals surface area (Å²) < 4.78 is 25.9. The van der Waals surface area contributed by atoms with Gasteiger partial charge in [-0.3, -0.25) is 9.59 Å². The van der Waals surface area contributed by atoms with Crippen molar-refractivity contribution in [1.82, 2.24) is 4.90 Å². The van der Waals surface area contributed by atoms with Crippen molar-refractivity contribution in [2.45, 2.75) is 57.6 Å². The van der Waals surface area contributed by atoms with Gasteiger partial charge in [0.15, 0.2) is 23.1 Å². The number of nitrogens with zero attached hydrogens (tertiary/aromatic N) is 1. The van der Waals surface area contributed by atoms with Gasteiger partial charge in [0.2, 0.25) is 0 Å². The summed E-state index contributed by atoms with van der Waals surface area (Å²) in [5, 5.41) is 0. The number of benzene rings is 3. The smallest absolute Gasteiger partial charge is 0.175 e. The number of allylic oxidation sites excluding steroid dienone is 4. The zero-order valence-electron chi connectivity index (χ0n) is 22.9. The quantitative estimate of drug-likeness (QED) is 0.271. The highest BCUT2D eigenvalue weighted by atomic mass is 79.9. The number of carbonyl (C=O) groups is 2. The third-order valence-corrected chi connectivity index (χ3v) is 8.74. The van der Waals surface area contributed by atoms with Crippen LogP contribution in [0.25, 0.3) is 0 Å². The Morgan fingerprint density at radius 1 is 0.854 bits per heavy atom. The van der Waals surface area contributed by atoms with Gasteiger partial charge in [-0.1, -0.05) is 42.5 Å². The van der Waals surface area contributed by atoms with Crippen molar-refractivity contribution < 1.29 is 23.5 Å². The first-order valence-corrected chi connectivity index (χ1v) is 14.8. The molecule has 0 radical (unpaired) electrons. The first-order valence-electron chi connectivity index (χ1n) is 14.0.